The standard InChI is InChI=1S/C18H34O6/c1-5-9-11-15(7-3)13-21-17(19)23-24-18(20)22-14-16(8-4)12-10-6-2/h15-16H,5-14H2,1-4H3/t15-,16-/m0/s1. The van der Waals surface area contributed by atoms with Crippen molar-refractivity contribution < 1.29 is 28.8 Å². The average molecular weight is 346 g/mol. The van der Waals surface area contributed by atoms with Crippen molar-refractivity contribution in [1.82, 2.24) is 0 Å². The van der Waals surface area contributed by atoms with Crippen molar-refractivity contribution in [2.75, 3.05) is 13.2 Å². The highest BCUT2D eigenvalue weighted by atomic mass is 17.3. The molecular formula is C18H34O6. The molecule has 0 aliphatic rings. The summed E-state index contributed by atoms with van der Waals surface area (Å²) in [5.74, 6) is 0.599. The van der Waals surface area contributed by atoms with Crippen LogP contribution in [0.1, 0.15) is 79.1 Å². The van der Waals surface area contributed by atoms with Gasteiger partial charge < -0.3 is 9.47 Å². The van der Waals surface area contributed by atoms with E-state index < -0.39 is 12.3 Å². The van der Waals surface area contributed by atoms with Gasteiger partial charge in [-0.1, -0.05) is 66.2 Å². The Hall–Kier alpha value is -1.46. The molecule has 0 aliphatic carbocycles. The Morgan fingerprint density at radius 3 is 1.38 bits per heavy atom. The maximum atomic E-state index is 11.4. The van der Waals surface area contributed by atoms with Gasteiger partial charge in [0.15, 0.2) is 0 Å². The van der Waals surface area contributed by atoms with Gasteiger partial charge in [0.2, 0.25) is 0 Å². The molecule has 0 unspecified atom stereocenters. The van der Waals surface area contributed by atoms with Crippen molar-refractivity contribution in [3.8, 4) is 0 Å². The summed E-state index contributed by atoms with van der Waals surface area (Å²) in [7, 11) is 0. The van der Waals surface area contributed by atoms with E-state index in [0.717, 1.165) is 51.4 Å². The highest BCUT2D eigenvalue weighted by Gasteiger charge is 2.16. The highest BCUT2D eigenvalue weighted by molar-refractivity contribution is 5.63. The molecule has 142 valence electrons. The number of carbonyl (C=O) groups excluding carboxylic acids is 2. The molecule has 0 amide bonds. The zero-order chi connectivity index (χ0) is 18.2. The van der Waals surface area contributed by atoms with E-state index in [1.807, 2.05) is 13.8 Å². The molecule has 6 heteroatoms. The molecule has 0 spiro atoms. The third-order valence-electron chi connectivity index (χ3n) is 4.14. The van der Waals surface area contributed by atoms with Crippen LogP contribution in [0.5, 0.6) is 0 Å². The highest BCUT2D eigenvalue weighted by Crippen LogP contribution is 2.14. The van der Waals surface area contributed by atoms with E-state index in [2.05, 4.69) is 23.6 Å². The van der Waals surface area contributed by atoms with E-state index in [1.54, 1.807) is 0 Å². The fraction of sp³-hybridized carbons (Fsp3) is 0.889. The largest absolute Gasteiger partial charge is 0.550 e. The lowest BCUT2D eigenvalue weighted by Gasteiger charge is -2.14. The Morgan fingerprint density at radius 2 is 1.08 bits per heavy atom. The number of hydrogen-bond donors (Lipinski definition) is 0. The summed E-state index contributed by atoms with van der Waals surface area (Å²) >= 11 is 0. The Balaban J connectivity index is 3.86. The van der Waals surface area contributed by atoms with Crippen molar-refractivity contribution in [2.45, 2.75) is 79.1 Å². The van der Waals surface area contributed by atoms with Crippen LogP contribution in [0.2, 0.25) is 0 Å². The summed E-state index contributed by atoms with van der Waals surface area (Å²) in [5.41, 5.74) is 0. The van der Waals surface area contributed by atoms with Crippen LogP contribution < -0.4 is 0 Å². The molecule has 0 aliphatic heterocycles. The van der Waals surface area contributed by atoms with Crippen molar-refractivity contribution in [2.24, 2.45) is 11.8 Å². The third-order valence-corrected chi connectivity index (χ3v) is 4.14. The molecule has 0 aromatic rings. The minimum atomic E-state index is -1.01. The van der Waals surface area contributed by atoms with Gasteiger partial charge in [-0.25, -0.2) is 0 Å². The van der Waals surface area contributed by atoms with Gasteiger partial charge in [-0.05, 0) is 24.7 Å². The molecule has 0 rings (SSSR count). The van der Waals surface area contributed by atoms with Gasteiger partial charge in [-0.3, -0.25) is 0 Å². The van der Waals surface area contributed by atoms with Crippen LogP contribution in [0.4, 0.5) is 9.59 Å². The van der Waals surface area contributed by atoms with E-state index in [1.165, 1.54) is 0 Å². The zero-order valence-electron chi connectivity index (χ0n) is 15.7. The van der Waals surface area contributed by atoms with Crippen molar-refractivity contribution in [3.05, 3.63) is 0 Å². The maximum absolute atomic E-state index is 11.4. The van der Waals surface area contributed by atoms with Gasteiger partial charge in [0.1, 0.15) is 0 Å². The summed E-state index contributed by atoms with van der Waals surface area (Å²) in [6.45, 7) is 8.86. The summed E-state index contributed by atoms with van der Waals surface area (Å²) in [5, 5.41) is 0. The number of rotatable bonds is 12. The van der Waals surface area contributed by atoms with Crippen LogP contribution in [0, 0.1) is 11.8 Å². The Labute approximate surface area is 146 Å². The number of hydrogen-bond acceptors (Lipinski definition) is 6. The lowest BCUT2D eigenvalue weighted by Crippen LogP contribution is -2.19. The minimum absolute atomic E-state index is 0.267. The van der Waals surface area contributed by atoms with Crippen molar-refractivity contribution >= 4 is 12.3 Å². The monoisotopic (exact) mass is 346 g/mol. The van der Waals surface area contributed by atoms with Crippen molar-refractivity contribution in [3.63, 3.8) is 0 Å². The van der Waals surface area contributed by atoms with Gasteiger partial charge in [0.05, 0.1) is 13.2 Å². The van der Waals surface area contributed by atoms with Crippen LogP contribution in [-0.4, -0.2) is 25.5 Å². The molecule has 0 aromatic carbocycles. The first-order valence-corrected chi connectivity index (χ1v) is 9.25. The Morgan fingerprint density at radius 1 is 0.708 bits per heavy atom. The molecule has 0 bridgehead atoms. The predicted octanol–water partition coefficient (Wildman–Crippen LogP) is 5.64. The summed E-state index contributed by atoms with van der Waals surface area (Å²) in [6.07, 6.45) is 6.21. The zero-order valence-corrected chi connectivity index (χ0v) is 15.7. The van der Waals surface area contributed by atoms with Gasteiger partial charge in [-0.15, -0.1) is 0 Å². The fourth-order valence-corrected chi connectivity index (χ4v) is 2.28. The second-order valence-electron chi connectivity index (χ2n) is 6.12. The molecule has 6 nitrogen and oxygen atoms in total. The molecular weight excluding hydrogens is 312 g/mol. The minimum Gasteiger partial charge on any atom is -0.431 e. The molecule has 0 radical (unpaired) electrons. The van der Waals surface area contributed by atoms with E-state index in [0.29, 0.717) is 11.8 Å². The fourth-order valence-electron chi connectivity index (χ4n) is 2.28. The molecule has 2 atom stereocenters. The van der Waals surface area contributed by atoms with Crippen LogP contribution >= 0.6 is 0 Å². The predicted molar refractivity (Wildman–Crippen MR) is 91.5 cm³/mol. The van der Waals surface area contributed by atoms with Gasteiger partial charge >= 0.3 is 12.3 Å². The first-order valence-electron chi connectivity index (χ1n) is 9.25. The van der Waals surface area contributed by atoms with E-state index in [4.69, 9.17) is 9.47 Å². The lowest BCUT2D eigenvalue weighted by molar-refractivity contribution is -0.219. The van der Waals surface area contributed by atoms with E-state index in [-0.39, 0.29) is 13.2 Å². The quantitative estimate of drug-likeness (QED) is 0.259. The molecule has 0 saturated carbocycles. The summed E-state index contributed by atoms with van der Waals surface area (Å²) < 4.78 is 9.90. The lowest BCUT2D eigenvalue weighted by atomic mass is 10.0. The number of unbranched alkanes of at least 4 members (excludes halogenated alkanes) is 2. The second-order valence-corrected chi connectivity index (χ2v) is 6.12. The van der Waals surface area contributed by atoms with Crippen LogP contribution in [0.25, 0.3) is 0 Å². The van der Waals surface area contributed by atoms with Crippen molar-refractivity contribution in [1.29, 1.82) is 0 Å². The normalized spacial score (nSPS) is 13.0. The average Bonchev–Trinajstić information content (AvgIpc) is 2.60. The van der Waals surface area contributed by atoms with E-state index in [9.17, 15) is 9.59 Å². The molecule has 0 N–H and O–H groups in total. The van der Waals surface area contributed by atoms with Crippen LogP contribution in [0.3, 0.4) is 0 Å². The molecule has 24 heavy (non-hydrogen) atoms. The topological polar surface area (TPSA) is 71.1 Å². The maximum Gasteiger partial charge on any atom is 0.550 e. The first kappa shape index (κ1) is 22.5. The Kier molecular flexibility index (Phi) is 14.2. The van der Waals surface area contributed by atoms with Crippen LogP contribution in [0.15, 0.2) is 0 Å². The first-order chi connectivity index (χ1) is 11.6. The molecule has 0 heterocycles. The SMILES string of the molecule is CCCC[C@H](CC)COC(=O)OOC(=O)OC[C@@H](CC)CCCC. The second kappa shape index (κ2) is 15.1. The smallest absolute Gasteiger partial charge is 0.431 e. The number of carbonyl (C=O) groups is 2. The third kappa shape index (κ3) is 12.0. The van der Waals surface area contributed by atoms with Crippen LogP contribution in [-0.2, 0) is 19.2 Å². The van der Waals surface area contributed by atoms with Gasteiger partial charge in [0, 0.05) is 0 Å². The number of ether oxygens (including phenoxy) is 2. The Bertz CT molecular complexity index is 299. The molecule has 0 aromatic heterocycles. The van der Waals surface area contributed by atoms with Gasteiger partial charge in [0.25, 0.3) is 0 Å². The molecule has 0 fully saturated rings. The van der Waals surface area contributed by atoms with Gasteiger partial charge in [-0.2, -0.15) is 19.4 Å². The summed E-state index contributed by atoms with van der Waals surface area (Å²) in [4.78, 5) is 31.4. The summed E-state index contributed by atoms with van der Waals surface area (Å²) in [6, 6.07) is 0. The van der Waals surface area contributed by atoms with E-state index >= 15 is 0 Å². The molecule has 0 saturated heterocycles.